The zero-order valence-corrected chi connectivity index (χ0v) is 18.3. The standard InChI is InChI=1S/C23H25N7O2/c1-5-16-12-21(32)29(4)22-18(16)14-24-23(27-22)26-17-6-7-20(19(13-17)25-15(2)31)30-10-8-28(3)9-11-30/h1,6-7,12-14H,8-11H2,2-4H3,(H,25,31)(H,24,26,27). The van der Waals surface area contributed by atoms with Gasteiger partial charge in [0, 0.05) is 63.7 Å². The molecule has 1 saturated heterocycles. The highest BCUT2D eigenvalue weighted by molar-refractivity contribution is 5.94. The summed E-state index contributed by atoms with van der Waals surface area (Å²) >= 11 is 0. The Morgan fingerprint density at radius 2 is 1.91 bits per heavy atom. The lowest BCUT2D eigenvalue weighted by atomic mass is 10.2. The molecule has 3 aromatic rings. The van der Waals surface area contributed by atoms with Gasteiger partial charge >= 0.3 is 0 Å². The van der Waals surface area contributed by atoms with Gasteiger partial charge in [0.1, 0.15) is 5.65 Å². The van der Waals surface area contributed by atoms with Crippen molar-refractivity contribution in [2.75, 3.05) is 48.8 Å². The first-order chi connectivity index (χ1) is 15.4. The second kappa shape index (κ2) is 8.69. The summed E-state index contributed by atoms with van der Waals surface area (Å²) in [6.45, 7) is 5.18. The molecule has 3 heterocycles. The molecule has 0 radical (unpaired) electrons. The molecule has 1 fully saturated rings. The van der Waals surface area contributed by atoms with E-state index in [0.717, 1.165) is 37.6 Å². The number of rotatable bonds is 4. The number of carbonyl (C=O) groups excluding carboxylic acids is 1. The van der Waals surface area contributed by atoms with Crippen LogP contribution in [-0.4, -0.2) is 58.6 Å². The molecule has 1 aromatic carbocycles. The van der Waals surface area contributed by atoms with E-state index in [1.165, 1.54) is 17.6 Å². The quantitative estimate of drug-likeness (QED) is 0.608. The normalized spacial score (nSPS) is 14.2. The van der Waals surface area contributed by atoms with E-state index in [1.807, 2.05) is 18.2 Å². The number of hydrogen-bond acceptors (Lipinski definition) is 7. The van der Waals surface area contributed by atoms with Gasteiger partial charge in [0.15, 0.2) is 0 Å². The van der Waals surface area contributed by atoms with Crippen LogP contribution in [0.4, 0.5) is 23.0 Å². The first-order valence-electron chi connectivity index (χ1n) is 10.3. The van der Waals surface area contributed by atoms with Crippen molar-refractivity contribution in [2.24, 2.45) is 7.05 Å². The third-order valence-electron chi connectivity index (χ3n) is 5.54. The number of carbonyl (C=O) groups is 1. The molecule has 0 atom stereocenters. The van der Waals surface area contributed by atoms with Crippen LogP contribution in [0.1, 0.15) is 12.5 Å². The third-order valence-corrected chi connectivity index (χ3v) is 5.54. The second-order valence-electron chi connectivity index (χ2n) is 7.86. The van der Waals surface area contributed by atoms with Crippen molar-refractivity contribution in [3.05, 3.63) is 46.4 Å². The molecule has 1 aliphatic heterocycles. The maximum absolute atomic E-state index is 12.2. The summed E-state index contributed by atoms with van der Waals surface area (Å²) in [5.41, 5.74) is 3.07. The van der Waals surface area contributed by atoms with Crippen LogP contribution < -0.4 is 21.1 Å². The number of aromatic nitrogens is 3. The fraction of sp³-hybridized carbons (Fsp3) is 0.304. The predicted octanol–water partition coefficient (Wildman–Crippen LogP) is 1.76. The SMILES string of the molecule is C#Cc1cc(=O)n(C)c2nc(Nc3ccc(N4CCN(C)CC4)c(NC(C)=O)c3)ncc12. The van der Waals surface area contributed by atoms with E-state index >= 15 is 0 Å². The van der Waals surface area contributed by atoms with Crippen molar-refractivity contribution in [1.29, 1.82) is 0 Å². The van der Waals surface area contributed by atoms with Crippen molar-refractivity contribution in [3.8, 4) is 12.3 Å². The molecule has 0 aliphatic carbocycles. The maximum Gasteiger partial charge on any atom is 0.253 e. The molecule has 2 N–H and O–H groups in total. The van der Waals surface area contributed by atoms with E-state index in [2.05, 4.69) is 43.4 Å². The molecule has 0 unspecified atom stereocenters. The first-order valence-corrected chi connectivity index (χ1v) is 10.3. The molecule has 1 amide bonds. The lowest BCUT2D eigenvalue weighted by Crippen LogP contribution is -2.44. The Morgan fingerprint density at radius 3 is 2.59 bits per heavy atom. The van der Waals surface area contributed by atoms with Gasteiger partial charge in [0.05, 0.1) is 16.8 Å². The molecular formula is C23H25N7O2. The molecule has 0 saturated carbocycles. The molecule has 32 heavy (non-hydrogen) atoms. The summed E-state index contributed by atoms with van der Waals surface area (Å²) in [5.74, 6) is 2.69. The summed E-state index contributed by atoms with van der Waals surface area (Å²) in [6.07, 6.45) is 7.13. The zero-order valence-electron chi connectivity index (χ0n) is 18.3. The van der Waals surface area contributed by atoms with Crippen molar-refractivity contribution >= 4 is 40.0 Å². The lowest BCUT2D eigenvalue weighted by molar-refractivity contribution is -0.114. The lowest BCUT2D eigenvalue weighted by Gasteiger charge is -2.35. The Bertz CT molecular complexity index is 1280. The topological polar surface area (TPSA) is 95.4 Å². The molecule has 9 heteroatoms. The Kier molecular flexibility index (Phi) is 5.79. The Labute approximate surface area is 186 Å². The monoisotopic (exact) mass is 431 g/mol. The van der Waals surface area contributed by atoms with Gasteiger partial charge in [0.25, 0.3) is 5.56 Å². The van der Waals surface area contributed by atoms with E-state index < -0.39 is 0 Å². The largest absolute Gasteiger partial charge is 0.367 e. The van der Waals surface area contributed by atoms with Gasteiger partial charge in [-0.3, -0.25) is 14.2 Å². The number of nitrogens with zero attached hydrogens (tertiary/aromatic N) is 5. The van der Waals surface area contributed by atoms with Crippen LogP contribution in [0.5, 0.6) is 0 Å². The zero-order chi connectivity index (χ0) is 22.8. The van der Waals surface area contributed by atoms with Crippen LogP contribution in [0.15, 0.2) is 35.3 Å². The second-order valence-corrected chi connectivity index (χ2v) is 7.86. The Balaban J connectivity index is 1.67. The number of likely N-dealkylation sites (N-methyl/N-ethyl adjacent to an activating group) is 1. The fourth-order valence-electron chi connectivity index (χ4n) is 3.76. The number of aryl methyl sites for hydroxylation is 1. The number of fused-ring (bicyclic) bond motifs is 1. The number of anilines is 4. The number of benzene rings is 1. The van der Waals surface area contributed by atoms with Gasteiger partial charge < -0.3 is 20.4 Å². The van der Waals surface area contributed by atoms with Crippen LogP contribution in [-0.2, 0) is 11.8 Å². The molecule has 0 bridgehead atoms. The van der Waals surface area contributed by atoms with Crippen LogP contribution in [0.25, 0.3) is 11.0 Å². The van der Waals surface area contributed by atoms with Gasteiger partial charge in [-0.2, -0.15) is 4.98 Å². The number of terminal acetylenes is 1. The number of nitrogens with one attached hydrogen (secondary N) is 2. The average Bonchev–Trinajstić information content (AvgIpc) is 2.77. The highest BCUT2D eigenvalue weighted by atomic mass is 16.1. The first kappa shape index (κ1) is 21.3. The average molecular weight is 432 g/mol. The minimum Gasteiger partial charge on any atom is -0.367 e. The molecule has 0 spiro atoms. The molecule has 1 aliphatic rings. The van der Waals surface area contributed by atoms with Gasteiger partial charge in [-0.05, 0) is 25.2 Å². The van der Waals surface area contributed by atoms with Crippen molar-refractivity contribution < 1.29 is 4.79 Å². The van der Waals surface area contributed by atoms with Crippen molar-refractivity contribution in [3.63, 3.8) is 0 Å². The van der Waals surface area contributed by atoms with E-state index in [9.17, 15) is 9.59 Å². The third kappa shape index (κ3) is 4.26. The highest BCUT2D eigenvalue weighted by Crippen LogP contribution is 2.31. The van der Waals surface area contributed by atoms with Gasteiger partial charge in [-0.25, -0.2) is 4.98 Å². The van der Waals surface area contributed by atoms with Gasteiger partial charge in [-0.1, -0.05) is 5.92 Å². The van der Waals surface area contributed by atoms with Crippen LogP contribution in [0, 0.1) is 12.3 Å². The highest BCUT2D eigenvalue weighted by Gasteiger charge is 2.18. The van der Waals surface area contributed by atoms with Crippen LogP contribution >= 0.6 is 0 Å². The Morgan fingerprint density at radius 1 is 1.16 bits per heavy atom. The predicted molar refractivity (Wildman–Crippen MR) is 126 cm³/mol. The summed E-state index contributed by atoms with van der Waals surface area (Å²) in [7, 11) is 3.74. The van der Waals surface area contributed by atoms with Crippen LogP contribution in [0.2, 0.25) is 0 Å². The van der Waals surface area contributed by atoms with Gasteiger partial charge in [0.2, 0.25) is 11.9 Å². The number of piperazine rings is 1. The summed E-state index contributed by atoms with van der Waals surface area (Å²) < 4.78 is 1.43. The smallest absolute Gasteiger partial charge is 0.253 e. The van der Waals surface area contributed by atoms with E-state index in [4.69, 9.17) is 6.42 Å². The molecule has 4 rings (SSSR count). The number of amides is 1. The van der Waals surface area contributed by atoms with E-state index in [0.29, 0.717) is 28.2 Å². The maximum atomic E-state index is 12.2. The van der Waals surface area contributed by atoms with Gasteiger partial charge in [-0.15, -0.1) is 6.42 Å². The van der Waals surface area contributed by atoms with E-state index in [1.54, 1.807) is 13.2 Å². The number of pyridine rings is 1. The van der Waals surface area contributed by atoms with Crippen molar-refractivity contribution in [1.82, 2.24) is 19.4 Å². The molecular weight excluding hydrogens is 406 g/mol. The molecule has 164 valence electrons. The molecule has 9 nitrogen and oxygen atoms in total. The van der Waals surface area contributed by atoms with E-state index in [-0.39, 0.29) is 11.5 Å². The Hall–Kier alpha value is -3.90. The number of hydrogen-bond donors (Lipinski definition) is 2. The fourth-order valence-corrected chi connectivity index (χ4v) is 3.76. The summed E-state index contributed by atoms with van der Waals surface area (Å²) in [4.78, 5) is 37.4. The summed E-state index contributed by atoms with van der Waals surface area (Å²) in [5, 5.41) is 6.72. The summed E-state index contributed by atoms with van der Waals surface area (Å²) in [6, 6.07) is 7.16. The van der Waals surface area contributed by atoms with Crippen molar-refractivity contribution in [2.45, 2.75) is 6.92 Å². The molecule has 2 aromatic heterocycles. The minimum atomic E-state index is -0.237. The van der Waals surface area contributed by atoms with Crippen LogP contribution in [0.3, 0.4) is 0 Å². The minimum absolute atomic E-state index is 0.142.